The fraction of sp³-hybridized carbons (Fsp3) is 0.450. The zero-order chi connectivity index (χ0) is 18.8. The van der Waals surface area contributed by atoms with Crippen LogP contribution in [0.3, 0.4) is 0 Å². The van der Waals surface area contributed by atoms with Crippen molar-refractivity contribution in [2.24, 2.45) is 7.05 Å². The van der Waals surface area contributed by atoms with Gasteiger partial charge in [0.05, 0.1) is 5.69 Å². The Hall–Kier alpha value is -2.83. The molecule has 0 saturated carbocycles. The summed E-state index contributed by atoms with van der Waals surface area (Å²) in [5.74, 6) is 1.07. The van der Waals surface area contributed by atoms with Crippen LogP contribution in [0.15, 0.2) is 36.8 Å². The molecule has 0 aromatic carbocycles. The third kappa shape index (κ3) is 3.54. The van der Waals surface area contributed by atoms with E-state index in [1.54, 1.807) is 0 Å². The maximum Gasteiger partial charge on any atom is 0.272 e. The largest absolute Gasteiger partial charge is 0.349 e. The van der Waals surface area contributed by atoms with Crippen LogP contribution >= 0.6 is 0 Å². The lowest BCUT2D eigenvalue weighted by atomic mass is 9.98. The van der Waals surface area contributed by atoms with Crippen molar-refractivity contribution in [1.82, 2.24) is 29.2 Å². The maximum atomic E-state index is 13.1. The van der Waals surface area contributed by atoms with Crippen molar-refractivity contribution >= 4 is 5.91 Å². The van der Waals surface area contributed by atoms with Gasteiger partial charge in [-0.1, -0.05) is 0 Å². The molecule has 3 aromatic heterocycles. The molecule has 0 radical (unpaired) electrons. The summed E-state index contributed by atoms with van der Waals surface area (Å²) in [6.45, 7) is 3.71. The van der Waals surface area contributed by atoms with E-state index in [2.05, 4.69) is 19.7 Å². The summed E-state index contributed by atoms with van der Waals surface area (Å²) in [7, 11) is 1.98. The number of aromatic nitrogens is 5. The number of hydrogen-bond acceptors (Lipinski definition) is 3. The first-order valence-corrected chi connectivity index (χ1v) is 9.59. The molecule has 4 heterocycles. The van der Waals surface area contributed by atoms with Gasteiger partial charge in [-0.25, -0.2) is 4.98 Å². The Kier molecular flexibility index (Phi) is 4.83. The molecule has 1 saturated heterocycles. The van der Waals surface area contributed by atoms with Crippen molar-refractivity contribution < 1.29 is 4.79 Å². The summed E-state index contributed by atoms with van der Waals surface area (Å²) in [6, 6.07) is 6.10. The van der Waals surface area contributed by atoms with Gasteiger partial charge in [0.15, 0.2) is 0 Å². The highest BCUT2D eigenvalue weighted by Gasteiger charge is 2.28. The molecule has 1 fully saturated rings. The van der Waals surface area contributed by atoms with Crippen LogP contribution in [0.5, 0.6) is 0 Å². The van der Waals surface area contributed by atoms with E-state index in [1.165, 1.54) is 6.42 Å². The Balaban J connectivity index is 1.48. The van der Waals surface area contributed by atoms with Gasteiger partial charge in [0, 0.05) is 44.8 Å². The van der Waals surface area contributed by atoms with E-state index in [-0.39, 0.29) is 11.9 Å². The van der Waals surface area contributed by atoms with Gasteiger partial charge in [0.25, 0.3) is 5.91 Å². The highest BCUT2D eigenvalue weighted by Crippen LogP contribution is 2.24. The van der Waals surface area contributed by atoms with Crippen LogP contribution in [0.25, 0.3) is 11.4 Å². The first-order chi connectivity index (χ1) is 13.1. The van der Waals surface area contributed by atoms with E-state index in [0.717, 1.165) is 49.6 Å². The minimum Gasteiger partial charge on any atom is -0.349 e. The summed E-state index contributed by atoms with van der Waals surface area (Å²) < 4.78 is 4.16. The highest BCUT2D eigenvalue weighted by molar-refractivity contribution is 5.93. The number of likely N-dealkylation sites (tertiary alicyclic amines) is 1. The SMILES string of the molecule is Cc1nccn1CC[C@H]1CCCCN1C(=O)c1cc(-c2cccn2C)n[nH]1. The third-order valence-electron chi connectivity index (χ3n) is 5.53. The van der Waals surface area contributed by atoms with E-state index in [9.17, 15) is 4.79 Å². The molecule has 7 nitrogen and oxygen atoms in total. The van der Waals surface area contributed by atoms with Gasteiger partial charge in [-0.3, -0.25) is 9.89 Å². The Bertz CT molecular complexity index is 920. The first-order valence-electron chi connectivity index (χ1n) is 9.59. The maximum absolute atomic E-state index is 13.1. The molecule has 0 bridgehead atoms. The number of carbonyl (C=O) groups is 1. The molecule has 1 N–H and O–H groups in total. The van der Waals surface area contributed by atoms with E-state index >= 15 is 0 Å². The van der Waals surface area contributed by atoms with Crippen LogP contribution < -0.4 is 0 Å². The second kappa shape index (κ2) is 7.42. The van der Waals surface area contributed by atoms with Gasteiger partial charge < -0.3 is 14.0 Å². The van der Waals surface area contributed by atoms with Gasteiger partial charge in [-0.15, -0.1) is 0 Å². The van der Waals surface area contributed by atoms with Gasteiger partial charge in [0.2, 0.25) is 0 Å². The van der Waals surface area contributed by atoms with Gasteiger partial charge in [-0.05, 0) is 50.8 Å². The molecule has 4 rings (SSSR count). The monoisotopic (exact) mass is 366 g/mol. The zero-order valence-corrected chi connectivity index (χ0v) is 15.9. The lowest BCUT2D eigenvalue weighted by Crippen LogP contribution is -2.44. The first kappa shape index (κ1) is 17.6. The molecule has 0 aliphatic carbocycles. The second-order valence-corrected chi connectivity index (χ2v) is 7.28. The van der Waals surface area contributed by atoms with Crippen LogP contribution in [0, 0.1) is 6.92 Å². The number of aromatic amines is 1. The predicted molar refractivity (Wildman–Crippen MR) is 103 cm³/mol. The van der Waals surface area contributed by atoms with E-state index < -0.39 is 0 Å². The molecule has 0 unspecified atom stereocenters. The summed E-state index contributed by atoms with van der Waals surface area (Å²) in [4.78, 5) is 19.4. The van der Waals surface area contributed by atoms with E-state index in [0.29, 0.717) is 5.69 Å². The quantitative estimate of drug-likeness (QED) is 0.754. The van der Waals surface area contributed by atoms with Crippen molar-refractivity contribution in [1.29, 1.82) is 0 Å². The Morgan fingerprint density at radius 2 is 2.22 bits per heavy atom. The smallest absolute Gasteiger partial charge is 0.272 e. The number of nitrogens with one attached hydrogen (secondary N) is 1. The van der Waals surface area contributed by atoms with Crippen molar-refractivity contribution in [3.63, 3.8) is 0 Å². The van der Waals surface area contributed by atoms with Crippen molar-refractivity contribution in [3.05, 3.63) is 48.3 Å². The fourth-order valence-corrected chi connectivity index (χ4v) is 3.94. The summed E-state index contributed by atoms with van der Waals surface area (Å²) in [5, 5.41) is 7.30. The summed E-state index contributed by atoms with van der Waals surface area (Å²) in [5.41, 5.74) is 2.36. The fourth-order valence-electron chi connectivity index (χ4n) is 3.94. The van der Waals surface area contributed by atoms with Crippen LogP contribution in [0.1, 0.15) is 42.0 Å². The molecule has 1 aliphatic rings. The molecule has 1 atom stereocenters. The average Bonchev–Trinajstić information content (AvgIpc) is 3.41. The minimum atomic E-state index is 0.0509. The van der Waals surface area contributed by atoms with Gasteiger partial charge in [-0.2, -0.15) is 5.10 Å². The number of piperidine rings is 1. The second-order valence-electron chi connectivity index (χ2n) is 7.28. The molecule has 1 aliphatic heterocycles. The average molecular weight is 366 g/mol. The molecule has 142 valence electrons. The van der Waals surface area contributed by atoms with Crippen LogP contribution in [-0.4, -0.2) is 47.7 Å². The topological polar surface area (TPSA) is 71.7 Å². The van der Waals surface area contributed by atoms with E-state index in [4.69, 9.17) is 0 Å². The van der Waals surface area contributed by atoms with Crippen LogP contribution in [0.2, 0.25) is 0 Å². The molecular formula is C20H26N6O. The lowest BCUT2D eigenvalue weighted by molar-refractivity contribution is 0.0589. The van der Waals surface area contributed by atoms with Crippen molar-refractivity contribution in [2.45, 2.75) is 45.2 Å². The molecule has 1 amide bonds. The normalized spacial score (nSPS) is 17.4. The lowest BCUT2D eigenvalue weighted by Gasteiger charge is -2.35. The number of amides is 1. The Morgan fingerprint density at radius 1 is 1.33 bits per heavy atom. The van der Waals surface area contributed by atoms with Crippen LogP contribution in [0.4, 0.5) is 0 Å². The van der Waals surface area contributed by atoms with E-state index in [1.807, 2.05) is 60.2 Å². The zero-order valence-electron chi connectivity index (χ0n) is 15.9. The summed E-state index contributed by atoms with van der Waals surface area (Å²) in [6.07, 6.45) is 10.0. The minimum absolute atomic E-state index is 0.0509. The molecule has 27 heavy (non-hydrogen) atoms. The molecule has 7 heteroatoms. The predicted octanol–water partition coefficient (Wildman–Crippen LogP) is 3.01. The van der Waals surface area contributed by atoms with Crippen LogP contribution in [-0.2, 0) is 13.6 Å². The number of nitrogens with zero attached hydrogens (tertiary/aromatic N) is 5. The number of carbonyl (C=O) groups excluding carboxylic acids is 1. The highest BCUT2D eigenvalue weighted by atomic mass is 16.2. The summed E-state index contributed by atoms with van der Waals surface area (Å²) >= 11 is 0. The van der Waals surface area contributed by atoms with Gasteiger partial charge in [0.1, 0.15) is 17.2 Å². The van der Waals surface area contributed by atoms with Gasteiger partial charge >= 0.3 is 0 Å². The van der Waals surface area contributed by atoms with Crippen molar-refractivity contribution in [2.75, 3.05) is 6.54 Å². The molecule has 0 spiro atoms. The Labute approximate surface area is 159 Å². The number of hydrogen-bond donors (Lipinski definition) is 1. The number of rotatable bonds is 5. The molecular weight excluding hydrogens is 340 g/mol. The molecule has 3 aromatic rings. The number of imidazole rings is 1. The van der Waals surface area contributed by atoms with Crippen molar-refractivity contribution in [3.8, 4) is 11.4 Å². The number of aryl methyl sites for hydroxylation is 3. The standard InChI is InChI=1S/C20H26N6O/c1-15-21-9-13-25(15)12-8-16-6-3-4-11-26(16)20(27)18-14-17(22-23-18)19-7-5-10-24(19)2/h5,7,9-10,13-14,16H,3-4,6,8,11-12H2,1-2H3,(H,22,23)/t16-/m1/s1. The number of H-pyrrole nitrogens is 1. The third-order valence-corrected chi connectivity index (χ3v) is 5.53. The Morgan fingerprint density at radius 3 is 2.96 bits per heavy atom.